The number of benzene rings is 1. The number of amides is 2. The van der Waals surface area contributed by atoms with E-state index in [1.165, 1.54) is 0 Å². The molecule has 0 unspecified atom stereocenters. The largest absolute Gasteiger partial charge is 0.493 e. The van der Waals surface area contributed by atoms with Crippen molar-refractivity contribution in [1.82, 2.24) is 19.6 Å². The SMILES string of the molecule is COc1ccc(C(=O)N2CCN(C(=O)c3cnn4c3CCCC4)CC2)cc1OC. The number of carbonyl (C=O) groups is 2. The van der Waals surface area contributed by atoms with Crippen molar-refractivity contribution in [1.29, 1.82) is 0 Å². The number of aryl methyl sites for hydroxylation is 1. The van der Waals surface area contributed by atoms with Gasteiger partial charge in [0.15, 0.2) is 11.5 Å². The molecule has 1 aromatic carbocycles. The molecule has 8 heteroatoms. The van der Waals surface area contributed by atoms with E-state index in [2.05, 4.69) is 5.10 Å². The molecular weight excluding hydrogens is 372 g/mol. The summed E-state index contributed by atoms with van der Waals surface area (Å²) < 4.78 is 12.5. The lowest BCUT2D eigenvalue weighted by atomic mass is 10.1. The van der Waals surface area contributed by atoms with Crippen molar-refractivity contribution in [3.63, 3.8) is 0 Å². The molecule has 2 aromatic rings. The second-order valence-corrected chi connectivity index (χ2v) is 7.34. The van der Waals surface area contributed by atoms with Gasteiger partial charge in [-0.15, -0.1) is 0 Å². The van der Waals surface area contributed by atoms with Crippen LogP contribution in [-0.2, 0) is 13.0 Å². The third kappa shape index (κ3) is 3.66. The zero-order valence-electron chi connectivity index (χ0n) is 16.9. The van der Waals surface area contributed by atoms with Gasteiger partial charge in [0, 0.05) is 38.3 Å². The van der Waals surface area contributed by atoms with Crippen LogP contribution in [0.3, 0.4) is 0 Å². The van der Waals surface area contributed by atoms with Crippen molar-refractivity contribution in [2.24, 2.45) is 0 Å². The number of methoxy groups -OCH3 is 2. The standard InChI is InChI=1S/C21H26N4O4/c1-28-18-7-6-15(13-19(18)29-2)20(26)23-9-11-24(12-10-23)21(27)16-14-22-25-8-4-3-5-17(16)25/h6-7,13-14H,3-5,8-12H2,1-2H3. The minimum atomic E-state index is -0.0686. The predicted molar refractivity (Wildman–Crippen MR) is 107 cm³/mol. The van der Waals surface area contributed by atoms with Gasteiger partial charge in [0.1, 0.15) is 0 Å². The van der Waals surface area contributed by atoms with Crippen LogP contribution in [0.5, 0.6) is 11.5 Å². The maximum atomic E-state index is 13.0. The number of carbonyl (C=O) groups excluding carboxylic acids is 2. The van der Waals surface area contributed by atoms with Gasteiger partial charge < -0.3 is 19.3 Å². The molecule has 4 rings (SSSR count). The summed E-state index contributed by atoms with van der Waals surface area (Å²) in [5.41, 5.74) is 2.31. The minimum Gasteiger partial charge on any atom is -0.493 e. The van der Waals surface area contributed by atoms with Crippen LogP contribution < -0.4 is 9.47 Å². The third-order valence-corrected chi connectivity index (χ3v) is 5.70. The Bertz CT molecular complexity index is 915. The Labute approximate surface area is 170 Å². The summed E-state index contributed by atoms with van der Waals surface area (Å²) in [4.78, 5) is 29.4. The maximum Gasteiger partial charge on any atom is 0.257 e. The van der Waals surface area contributed by atoms with Crippen LogP contribution in [0, 0.1) is 0 Å². The zero-order valence-corrected chi connectivity index (χ0v) is 16.9. The van der Waals surface area contributed by atoms with E-state index in [9.17, 15) is 9.59 Å². The number of ether oxygens (including phenoxy) is 2. The van der Waals surface area contributed by atoms with Crippen LogP contribution in [0.25, 0.3) is 0 Å². The Morgan fingerprint density at radius 3 is 2.28 bits per heavy atom. The molecule has 29 heavy (non-hydrogen) atoms. The number of piperazine rings is 1. The summed E-state index contributed by atoms with van der Waals surface area (Å²) in [5, 5.41) is 4.37. The Balaban J connectivity index is 1.41. The van der Waals surface area contributed by atoms with Crippen molar-refractivity contribution in [3.8, 4) is 11.5 Å². The number of hydrogen-bond donors (Lipinski definition) is 0. The Morgan fingerprint density at radius 1 is 0.897 bits per heavy atom. The van der Waals surface area contributed by atoms with Gasteiger partial charge in [0.05, 0.1) is 31.7 Å². The predicted octanol–water partition coefficient (Wildman–Crippen LogP) is 1.83. The normalized spacial score (nSPS) is 16.3. The maximum absolute atomic E-state index is 13.0. The van der Waals surface area contributed by atoms with Gasteiger partial charge in [-0.3, -0.25) is 14.3 Å². The van der Waals surface area contributed by atoms with Crippen LogP contribution in [-0.4, -0.2) is 71.8 Å². The monoisotopic (exact) mass is 398 g/mol. The van der Waals surface area contributed by atoms with E-state index < -0.39 is 0 Å². The second-order valence-electron chi connectivity index (χ2n) is 7.34. The molecule has 2 aliphatic heterocycles. The van der Waals surface area contributed by atoms with Crippen LogP contribution in [0.4, 0.5) is 0 Å². The first-order valence-electron chi connectivity index (χ1n) is 9.97. The molecule has 1 saturated heterocycles. The molecule has 0 aliphatic carbocycles. The quantitative estimate of drug-likeness (QED) is 0.785. The van der Waals surface area contributed by atoms with Crippen LogP contribution in [0.1, 0.15) is 39.3 Å². The summed E-state index contributed by atoms with van der Waals surface area (Å²) in [6.45, 7) is 2.92. The van der Waals surface area contributed by atoms with Gasteiger partial charge in [-0.1, -0.05) is 0 Å². The lowest BCUT2D eigenvalue weighted by Crippen LogP contribution is -2.50. The molecule has 1 fully saturated rings. The fraction of sp³-hybridized carbons (Fsp3) is 0.476. The Kier molecular flexibility index (Phi) is 5.42. The highest BCUT2D eigenvalue weighted by molar-refractivity contribution is 5.96. The first-order chi connectivity index (χ1) is 14.1. The van der Waals surface area contributed by atoms with Crippen molar-refractivity contribution in [2.75, 3.05) is 40.4 Å². The van der Waals surface area contributed by atoms with Crippen LogP contribution in [0.2, 0.25) is 0 Å². The molecule has 0 atom stereocenters. The van der Waals surface area contributed by atoms with E-state index in [0.29, 0.717) is 48.8 Å². The highest BCUT2D eigenvalue weighted by atomic mass is 16.5. The molecule has 0 spiro atoms. The molecule has 2 amide bonds. The fourth-order valence-electron chi connectivity index (χ4n) is 4.03. The van der Waals surface area contributed by atoms with Crippen molar-refractivity contribution in [2.45, 2.75) is 25.8 Å². The third-order valence-electron chi connectivity index (χ3n) is 5.70. The average molecular weight is 398 g/mol. The lowest BCUT2D eigenvalue weighted by Gasteiger charge is -2.35. The summed E-state index contributed by atoms with van der Waals surface area (Å²) >= 11 is 0. The number of aromatic nitrogens is 2. The minimum absolute atomic E-state index is 0.0198. The molecule has 154 valence electrons. The van der Waals surface area contributed by atoms with E-state index in [0.717, 1.165) is 31.5 Å². The number of fused-ring (bicyclic) bond motifs is 1. The molecule has 8 nitrogen and oxygen atoms in total. The van der Waals surface area contributed by atoms with Crippen molar-refractivity contribution in [3.05, 3.63) is 41.2 Å². The Hall–Kier alpha value is -3.03. The summed E-state index contributed by atoms with van der Waals surface area (Å²) in [7, 11) is 3.11. The van der Waals surface area contributed by atoms with Gasteiger partial charge in [-0.05, 0) is 37.5 Å². The van der Waals surface area contributed by atoms with E-state index in [4.69, 9.17) is 9.47 Å². The first-order valence-corrected chi connectivity index (χ1v) is 9.97. The molecule has 0 bridgehead atoms. The van der Waals surface area contributed by atoms with E-state index in [1.807, 2.05) is 9.58 Å². The molecule has 0 N–H and O–H groups in total. The molecule has 0 radical (unpaired) electrons. The van der Waals surface area contributed by atoms with E-state index >= 15 is 0 Å². The van der Waals surface area contributed by atoms with Gasteiger partial charge in [0.25, 0.3) is 11.8 Å². The average Bonchev–Trinajstić information content (AvgIpc) is 3.22. The van der Waals surface area contributed by atoms with Crippen LogP contribution in [0.15, 0.2) is 24.4 Å². The first kappa shape index (κ1) is 19.3. The topological polar surface area (TPSA) is 76.9 Å². The van der Waals surface area contributed by atoms with Gasteiger partial charge in [-0.25, -0.2) is 0 Å². The number of hydrogen-bond acceptors (Lipinski definition) is 5. The molecule has 1 aromatic heterocycles. The molecular formula is C21H26N4O4. The zero-order chi connectivity index (χ0) is 20.4. The van der Waals surface area contributed by atoms with Crippen LogP contribution >= 0.6 is 0 Å². The van der Waals surface area contributed by atoms with Gasteiger partial charge in [0.2, 0.25) is 0 Å². The lowest BCUT2D eigenvalue weighted by molar-refractivity contribution is 0.0534. The fourth-order valence-corrected chi connectivity index (χ4v) is 4.03. The number of nitrogens with zero attached hydrogens (tertiary/aromatic N) is 4. The van der Waals surface area contributed by atoms with Crippen molar-refractivity contribution >= 4 is 11.8 Å². The molecule has 2 aliphatic rings. The van der Waals surface area contributed by atoms with Gasteiger partial charge in [-0.2, -0.15) is 5.10 Å². The second kappa shape index (κ2) is 8.14. The van der Waals surface area contributed by atoms with E-state index in [1.54, 1.807) is 43.5 Å². The van der Waals surface area contributed by atoms with Gasteiger partial charge >= 0.3 is 0 Å². The summed E-state index contributed by atoms with van der Waals surface area (Å²) in [6, 6.07) is 5.16. The smallest absolute Gasteiger partial charge is 0.257 e. The van der Waals surface area contributed by atoms with Crippen molar-refractivity contribution < 1.29 is 19.1 Å². The highest BCUT2D eigenvalue weighted by Gasteiger charge is 2.29. The van der Waals surface area contributed by atoms with E-state index in [-0.39, 0.29) is 11.8 Å². The number of rotatable bonds is 4. The molecule has 0 saturated carbocycles. The highest BCUT2D eigenvalue weighted by Crippen LogP contribution is 2.28. The molecule has 3 heterocycles. The summed E-state index contributed by atoms with van der Waals surface area (Å²) in [5.74, 6) is 1.06. The Morgan fingerprint density at radius 2 is 1.59 bits per heavy atom. The summed E-state index contributed by atoms with van der Waals surface area (Å²) in [6.07, 6.45) is 4.81.